The molecule has 0 radical (unpaired) electrons. The van der Waals surface area contributed by atoms with E-state index in [-0.39, 0.29) is 0 Å². The van der Waals surface area contributed by atoms with Gasteiger partial charge in [0.15, 0.2) is 0 Å². The van der Waals surface area contributed by atoms with E-state index in [9.17, 15) is 0 Å². The average Bonchev–Trinajstić information content (AvgIpc) is 3.15. The smallest absolute Gasteiger partial charge is 0.225 e. The molecule has 3 rings (SSSR count). The maximum absolute atomic E-state index is 4.54. The average molecular weight is 319 g/mol. The lowest BCUT2D eigenvalue weighted by Crippen LogP contribution is -2.08. The highest BCUT2D eigenvalue weighted by atomic mass is 32.1. The summed E-state index contributed by atoms with van der Waals surface area (Å²) in [6.45, 7) is 2.97. The molecule has 7 heteroatoms. The van der Waals surface area contributed by atoms with Crippen molar-refractivity contribution >= 4 is 44.7 Å². The van der Waals surface area contributed by atoms with Crippen molar-refractivity contribution in [3.05, 3.63) is 27.5 Å². The second-order valence-corrected chi connectivity index (χ2v) is 6.42. The zero-order valence-electron chi connectivity index (χ0n) is 12.0. The zero-order chi connectivity index (χ0) is 14.7. The van der Waals surface area contributed by atoms with Gasteiger partial charge < -0.3 is 10.6 Å². The van der Waals surface area contributed by atoms with Crippen LogP contribution in [0.15, 0.2) is 17.0 Å². The van der Waals surface area contributed by atoms with Crippen molar-refractivity contribution in [1.82, 2.24) is 15.0 Å². The SMILES string of the molecule is CCc1cc2c(NCCc3cscn3)nc(NC)nc2s1. The molecule has 0 atom stereocenters. The van der Waals surface area contributed by atoms with Gasteiger partial charge in [-0.1, -0.05) is 6.92 Å². The summed E-state index contributed by atoms with van der Waals surface area (Å²) in [6, 6.07) is 2.19. The minimum Gasteiger partial charge on any atom is -0.369 e. The Morgan fingerprint density at radius 1 is 1.29 bits per heavy atom. The third-order valence-electron chi connectivity index (χ3n) is 3.17. The van der Waals surface area contributed by atoms with E-state index >= 15 is 0 Å². The van der Waals surface area contributed by atoms with Crippen LogP contribution in [0, 0.1) is 0 Å². The van der Waals surface area contributed by atoms with E-state index in [1.54, 1.807) is 22.7 Å². The maximum atomic E-state index is 4.54. The first-order chi connectivity index (χ1) is 10.3. The Labute approximate surface area is 131 Å². The molecule has 0 aromatic carbocycles. The molecule has 0 aliphatic rings. The highest BCUT2D eigenvalue weighted by Gasteiger charge is 2.10. The van der Waals surface area contributed by atoms with Gasteiger partial charge in [0.2, 0.25) is 5.95 Å². The van der Waals surface area contributed by atoms with E-state index in [1.165, 1.54) is 4.88 Å². The molecule has 3 aromatic rings. The van der Waals surface area contributed by atoms with Gasteiger partial charge in [0.1, 0.15) is 10.6 Å². The van der Waals surface area contributed by atoms with E-state index in [0.29, 0.717) is 5.95 Å². The number of aryl methyl sites for hydroxylation is 1. The third kappa shape index (κ3) is 3.14. The molecular formula is C14H17N5S2. The van der Waals surface area contributed by atoms with E-state index in [1.807, 2.05) is 12.6 Å². The Bertz CT molecular complexity index is 720. The van der Waals surface area contributed by atoms with Crippen molar-refractivity contribution in [3.63, 3.8) is 0 Å². The molecule has 110 valence electrons. The number of anilines is 2. The number of thiazole rings is 1. The first-order valence-corrected chi connectivity index (χ1v) is 8.65. The zero-order valence-corrected chi connectivity index (χ0v) is 13.6. The Kier molecular flexibility index (Phi) is 4.31. The fraction of sp³-hybridized carbons (Fsp3) is 0.357. The highest BCUT2D eigenvalue weighted by molar-refractivity contribution is 7.18. The van der Waals surface area contributed by atoms with Gasteiger partial charge in [-0.2, -0.15) is 4.98 Å². The van der Waals surface area contributed by atoms with Crippen LogP contribution in [0.4, 0.5) is 11.8 Å². The predicted octanol–water partition coefficient (Wildman–Crippen LogP) is 3.41. The fourth-order valence-electron chi connectivity index (χ4n) is 2.06. The van der Waals surface area contributed by atoms with Gasteiger partial charge in [-0.25, -0.2) is 9.97 Å². The van der Waals surface area contributed by atoms with E-state index < -0.39 is 0 Å². The molecule has 3 aromatic heterocycles. The summed E-state index contributed by atoms with van der Waals surface area (Å²) >= 11 is 3.36. The van der Waals surface area contributed by atoms with Crippen LogP contribution in [-0.2, 0) is 12.8 Å². The molecule has 0 bridgehead atoms. The Morgan fingerprint density at radius 3 is 2.90 bits per heavy atom. The van der Waals surface area contributed by atoms with Gasteiger partial charge in [-0.3, -0.25) is 0 Å². The molecule has 0 amide bonds. The molecule has 0 saturated heterocycles. The number of nitrogens with one attached hydrogen (secondary N) is 2. The van der Waals surface area contributed by atoms with Gasteiger partial charge in [0, 0.05) is 30.3 Å². The topological polar surface area (TPSA) is 62.7 Å². The molecule has 3 heterocycles. The lowest BCUT2D eigenvalue weighted by atomic mass is 10.3. The summed E-state index contributed by atoms with van der Waals surface area (Å²) in [5.41, 5.74) is 2.98. The summed E-state index contributed by atoms with van der Waals surface area (Å²) in [5.74, 6) is 1.55. The van der Waals surface area contributed by atoms with Gasteiger partial charge in [0.05, 0.1) is 16.6 Å². The van der Waals surface area contributed by atoms with Crippen molar-refractivity contribution in [2.24, 2.45) is 0 Å². The lowest BCUT2D eigenvalue weighted by molar-refractivity contribution is 0.969. The molecule has 21 heavy (non-hydrogen) atoms. The minimum absolute atomic E-state index is 0.656. The van der Waals surface area contributed by atoms with E-state index in [2.05, 4.69) is 44.0 Å². The second kappa shape index (κ2) is 6.36. The molecule has 5 nitrogen and oxygen atoms in total. The molecule has 2 N–H and O–H groups in total. The number of fused-ring (bicyclic) bond motifs is 1. The van der Waals surface area contributed by atoms with Crippen LogP contribution in [0.2, 0.25) is 0 Å². The van der Waals surface area contributed by atoms with Crippen molar-refractivity contribution in [3.8, 4) is 0 Å². The molecular weight excluding hydrogens is 302 g/mol. The first-order valence-electron chi connectivity index (χ1n) is 6.89. The summed E-state index contributed by atoms with van der Waals surface area (Å²) in [7, 11) is 1.84. The van der Waals surface area contributed by atoms with Gasteiger partial charge in [-0.05, 0) is 12.5 Å². The predicted molar refractivity (Wildman–Crippen MR) is 90.6 cm³/mol. The van der Waals surface area contributed by atoms with Gasteiger partial charge in [0.25, 0.3) is 0 Å². The number of hydrogen-bond acceptors (Lipinski definition) is 7. The second-order valence-electron chi connectivity index (χ2n) is 4.59. The summed E-state index contributed by atoms with van der Waals surface area (Å²) in [4.78, 5) is 15.7. The molecule has 0 aliphatic carbocycles. The van der Waals surface area contributed by atoms with Gasteiger partial charge >= 0.3 is 0 Å². The third-order valence-corrected chi connectivity index (χ3v) is 4.98. The summed E-state index contributed by atoms with van der Waals surface area (Å²) < 4.78 is 0. The molecule has 0 aliphatic heterocycles. The van der Waals surface area contributed by atoms with Crippen molar-refractivity contribution in [1.29, 1.82) is 0 Å². The standard InChI is InChI=1S/C14H17N5S2/c1-3-10-6-11-12(16-5-4-9-7-20-8-17-9)18-14(15-2)19-13(11)21-10/h6-8H,3-5H2,1-2H3,(H2,15,16,18,19). The number of rotatable bonds is 6. The van der Waals surface area contributed by atoms with Crippen LogP contribution in [0.3, 0.4) is 0 Å². The van der Waals surface area contributed by atoms with Gasteiger partial charge in [-0.15, -0.1) is 22.7 Å². The van der Waals surface area contributed by atoms with Crippen molar-refractivity contribution in [2.45, 2.75) is 19.8 Å². The first kappa shape index (κ1) is 14.2. The fourth-order valence-corrected chi connectivity index (χ4v) is 3.62. The maximum Gasteiger partial charge on any atom is 0.225 e. The van der Waals surface area contributed by atoms with Crippen molar-refractivity contribution in [2.75, 3.05) is 24.2 Å². The minimum atomic E-state index is 0.656. The lowest BCUT2D eigenvalue weighted by Gasteiger charge is -2.07. The molecule has 0 spiro atoms. The Morgan fingerprint density at radius 2 is 2.19 bits per heavy atom. The van der Waals surface area contributed by atoms with Crippen LogP contribution >= 0.6 is 22.7 Å². The van der Waals surface area contributed by atoms with Crippen LogP contribution in [0.5, 0.6) is 0 Å². The molecule has 0 fully saturated rings. The van der Waals surface area contributed by atoms with Crippen LogP contribution in [0.25, 0.3) is 10.2 Å². The number of thiophene rings is 1. The highest BCUT2D eigenvalue weighted by Crippen LogP contribution is 2.30. The number of nitrogens with zero attached hydrogens (tertiary/aromatic N) is 3. The van der Waals surface area contributed by atoms with Crippen LogP contribution < -0.4 is 10.6 Å². The monoisotopic (exact) mass is 319 g/mol. The van der Waals surface area contributed by atoms with Crippen LogP contribution in [0.1, 0.15) is 17.5 Å². The molecule has 0 saturated carbocycles. The largest absolute Gasteiger partial charge is 0.369 e. The quantitative estimate of drug-likeness (QED) is 0.729. The Balaban J connectivity index is 1.83. The molecule has 0 unspecified atom stereocenters. The van der Waals surface area contributed by atoms with Crippen molar-refractivity contribution < 1.29 is 0 Å². The Hall–Kier alpha value is -1.73. The normalized spacial score (nSPS) is 11.0. The van der Waals surface area contributed by atoms with E-state index in [0.717, 1.165) is 41.1 Å². The summed E-state index contributed by atoms with van der Waals surface area (Å²) in [5, 5.41) is 9.63. The number of aromatic nitrogens is 3. The van der Waals surface area contributed by atoms with E-state index in [4.69, 9.17) is 0 Å². The van der Waals surface area contributed by atoms with Crippen LogP contribution in [-0.4, -0.2) is 28.5 Å². The summed E-state index contributed by atoms with van der Waals surface area (Å²) in [6.07, 6.45) is 1.92. The number of hydrogen-bond donors (Lipinski definition) is 2.